The van der Waals surface area contributed by atoms with Gasteiger partial charge in [-0.2, -0.15) is 0 Å². The fourth-order valence-electron chi connectivity index (χ4n) is 3.69. The number of ether oxygens (including phenoxy) is 1. The number of rotatable bonds is 3. The highest BCUT2D eigenvalue weighted by Gasteiger charge is 2.18. The highest BCUT2D eigenvalue weighted by molar-refractivity contribution is 5.80. The molecule has 2 aromatic rings. The topological polar surface area (TPSA) is 64.4 Å². The van der Waals surface area contributed by atoms with Gasteiger partial charge in [-0.05, 0) is 43.9 Å². The molecule has 1 saturated heterocycles. The van der Waals surface area contributed by atoms with Gasteiger partial charge in [0, 0.05) is 26.1 Å². The van der Waals surface area contributed by atoms with E-state index in [2.05, 4.69) is 4.98 Å². The van der Waals surface area contributed by atoms with Crippen molar-refractivity contribution < 1.29 is 9.53 Å². The largest absolute Gasteiger partial charge is 0.484 e. The molecule has 1 fully saturated rings. The van der Waals surface area contributed by atoms with E-state index in [4.69, 9.17) is 4.74 Å². The molecule has 132 valence electrons. The average Bonchev–Trinajstić information content (AvgIpc) is 3.06. The number of carbonyl (C=O) groups excluding carboxylic acids is 1. The van der Waals surface area contributed by atoms with Crippen LogP contribution in [0.1, 0.15) is 37.9 Å². The van der Waals surface area contributed by atoms with Crippen LogP contribution in [0.25, 0.3) is 10.9 Å². The predicted molar refractivity (Wildman–Crippen MR) is 94.9 cm³/mol. The van der Waals surface area contributed by atoms with Crippen LogP contribution >= 0.6 is 0 Å². The van der Waals surface area contributed by atoms with E-state index in [1.807, 2.05) is 11.0 Å². The quantitative estimate of drug-likeness (QED) is 0.858. The van der Waals surface area contributed by atoms with Crippen LogP contribution in [0.15, 0.2) is 23.0 Å². The summed E-state index contributed by atoms with van der Waals surface area (Å²) in [6.07, 6.45) is 6.21. The number of aromatic nitrogens is 2. The van der Waals surface area contributed by atoms with E-state index in [0.717, 1.165) is 64.0 Å². The first-order valence-corrected chi connectivity index (χ1v) is 9.16. The molecular formula is C19H23N3O3. The number of likely N-dealkylation sites (tertiary alicyclic amines) is 1. The number of amides is 1. The Balaban J connectivity index is 1.58. The third-order valence-corrected chi connectivity index (χ3v) is 5.11. The van der Waals surface area contributed by atoms with Crippen molar-refractivity contribution in [1.82, 2.24) is 14.5 Å². The Labute approximate surface area is 146 Å². The molecule has 0 saturated carbocycles. The number of carbonyl (C=O) groups is 1. The molecule has 0 bridgehead atoms. The summed E-state index contributed by atoms with van der Waals surface area (Å²) in [5.74, 6) is 1.44. The van der Waals surface area contributed by atoms with E-state index < -0.39 is 0 Å². The van der Waals surface area contributed by atoms with Gasteiger partial charge >= 0.3 is 0 Å². The van der Waals surface area contributed by atoms with Gasteiger partial charge < -0.3 is 9.64 Å². The lowest BCUT2D eigenvalue weighted by molar-refractivity contribution is -0.132. The van der Waals surface area contributed by atoms with Crippen LogP contribution in [-0.4, -0.2) is 40.1 Å². The second-order valence-electron chi connectivity index (χ2n) is 6.85. The maximum atomic E-state index is 12.8. The first-order valence-electron chi connectivity index (χ1n) is 9.16. The van der Waals surface area contributed by atoms with E-state index in [9.17, 15) is 9.59 Å². The summed E-state index contributed by atoms with van der Waals surface area (Å²) >= 11 is 0. The SMILES string of the molecule is O=C(COc1ccc2nc3n(c(=O)c2c1)CCCCC3)N1CCCC1. The van der Waals surface area contributed by atoms with Gasteiger partial charge in [0.2, 0.25) is 0 Å². The molecule has 1 aromatic carbocycles. The smallest absolute Gasteiger partial charge is 0.261 e. The minimum Gasteiger partial charge on any atom is -0.484 e. The summed E-state index contributed by atoms with van der Waals surface area (Å²) in [6.45, 7) is 2.38. The van der Waals surface area contributed by atoms with Crippen molar-refractivity contribution in [2.24, 2.45) is 0 Å². The van der Waals surface area contributed by atoms with Crippen LogP contribution in [-0.2, 0) is 17.8 Å². The molecule has 4 rings (SSSR count). The highest BCUT2D eigenvalue weighted by atomic mass is 16.5. The van der Waals surface area contributed by atoms with E-state index in [-0.39, 0.29) is 18.1 Å². The van der Waals surface area contributed by atoms with Gasteiger partial charge in [0.05, 0.1) is 10.9 Å². The number of hydrogen-bond donors (Lipinski definition) is 0. The summed E-state index contributed by atoms with van der Waals surface area (Å²) in [6, 6.07) is 5.33. The van der Waals surface area contributed by atoms with Gasteiger partial charge in [0.1, 0.15) is 11.6 Å². The number of nitrogens with zero attached hydrogens (tertiary/aromatic N) is 3. The Kier molecular flexibility index (Phi) is 4.42. The van der Waals surface area contributed by atoms with Crippen molar-refractivity contribution in [3.63, 3.8) is 0 Å². The Bertz CT molecular complexity index is 853. The molecule has 0 spiro atoms. The maximum absolute atomic E-state index is 12.8. The lowest BCUT2D eigenvalue weighted by Gasteiger charge is -2.16. The molecule has 1 aromatic heterocycles. The van der Waals surface area contributed by atoms with Crippen LogP contribution in [0.5, 0.6) is 5.75 Å². The average molecular weight is 341 g/mol. The van der Waals surface area contributed by atoms with Gasteiger partial charge in [-0.25, -0.2) is 4.98 Å². The monoisotopic (exact) mass is 341 g/mol. The highest BCUT2D eigenvalue weighted by Crippen LogP contribution is 2.20. The molecule has 0 aliphatic carbocycles. The fraction of sp³-hybridized carbons (Fsp3) is 0.526. The number of aryl methyl sites for hydroxylation is 1. The summed E-state index contributed by atoms with van der Waals surface area (Å²) in [5.41, 5.74) is 0.703. The molecule has 0 radical (unpaired) electrons. The Morgan fingerprint density at radius 3 is 2.72 bits per heavy atom. The third kappa shape index (κ3) is 3.25. The Hall–Kier alpha value is -2.37. The van der Waals surface area contributed by atoms with Gasteiger partial charge in [0.25, 0.3) is 11.5 Å². The minimum absolute atomic E-state index is 0.00165. The molecule has 2 aliphatic heterocycles. The van der Waals surface area contributed by atoms with E-state index >= 15 is 0 Å². The molecule has 0 unspecified atom stereocenters. The predicted octanol–water partition coefficient (Wildman–Crippen LogP) is 2.12. The van der Waals surface area contributed by atoms with Gasteiger partial charge in [-0.15, -0.1) is 0 Å². The van der Waals surface area contributed by atoms with E-state index in [0.29, 0.717) is 16.7 Å². The zero-order valence-corrected chi connectivity index (χ0v) is 14.4. The van der Waals surface area contributed by atoms with Crippen molar-refractivity contribution in [3.8, 4) is 5.75 Å². The number of hydrogen-bond acceptors (Lipinski definition) is 4. The second kappa shape index (κ2) is 6.86. The molecule has 0 N–H and O–H groups in total. The molecular weight excluding hydrogens is 318 g/mol. The Morgan fingerprint density at radius 2 is 1.88 bits per heavy atom. The molecule has 1 amide bonds. The van der Waals surface area contributed by atoms with E-state index in [1.165, 1.54) is 0 Å². The van der Waals surface area contributed by atoms with Crippen LogP contribution in [0, 0.1) is 0 Å². The summed E-state index contributed by atoms with van der Waals surface area (Å²) in [4.78, 5) is 31.4. The molecule has 2 aliphatic rings. The fourth-order valence-corrected chi connectivity index (χ4v) is 3.69. The van der Waals surface area contributed by atoms with Crippen LogP contribution in [0.2, 0.25) is 0 Å². The van der Waals surface area contributed by atoms with Crippen LogP contribution < -0.4 is 10.3 Å². The first kappa shape index (κ1) is 16.1. The zero-order valence-electron chi connectivity index (χ0n) is 14.4. The lowest BCUT2D eigenvalue weighted by atomic mass is 10.2. The van der Waals surface area contributed by atoms with E-state index in [1.54, 1.807) is 16.7 Å². The standard InChI is InChI=1S/C19H23N3O3/c23-18(21-9-4-5-10-21)13-25-14-7-8-16-15(12-14)19(24)22-11-3-1-2-6-17(22)20-16/h7-8,12H,1-6,9-11,13H2. The normalized spacial score (nSPS) is 17.4. The Morgan fingerprint density at radius 1 is 1.08 bits per heavy atom. The van der Waals surface area contributed by atoms with Crippen molar-refractivity contribution in [1.29, 1.82) is 0 Å². The molecule has 6 nitrogen and oxygen atoms in total. The third-order valence-electron chi connectivity index (χ3n) is 5.11. The van der Waals surface area contributed by atoms with Crippen LogP contribution in [0.3, 0.4) is 0 Å². The summed E-state index contributed by atoms with van der Waals surface area (Å²) in [5, 5.41) is 0.566. The number of fused-ring (bicyclic) bond motifs is 2. The lowest BCUT2D eigenvalue weighted by Crippen LogP contribution is -2.32. The summed E-state index contributed by atoms with van der Waals surface area (Å²) in [7, 11) is 0. The van der Waals surface area contributed by atoms with Gasteiger partial charge in [-0.1, -0.05) is 6.42 Å². The molecule has 25 heavy (non-hydrogen) atoms. The van der Waals surface area contributed by atoms with Gasteiger partial charge in [-0.3, -0.25) is 14.2 Å². The van der Waals surface area contributed by atoms with Crippen molar-refractivity contribution in [2.75, 3.05) is 19.7 Å². The number of benzene rings is 1. The molecule has 6 heteroatoms. The van der Waals surface area contributed by atoms with Crippen molar-refractivity contribution in [3.05, 3.63) is 34.4 Å². The zero-order chi connectivity index (χ0) is 17.2. The van der Waals surface area contributed by atoms with Crippen molar-refractivity contribution >= 4 is 16.8 Å². The first-order chi connectivity index (χ1) is 12.2. The molecule has 3 heterocycles. The maximum Gasteiger partial charge on any atom is 0.261 e. The molecule has 0 atom stereocenters. The summed E-state index contributed by atoms with van der Waals surface area (Å²) < 4.78 is 7.45. The van der Waals surface area contributed by atoms with Crippen molar-refractivity contribution in [2.45, 2.75) is 45.1 Å². The second-order valence-corrected chi connectivity index (χ2v) is 6.85. The van der Waals surface area contributed by atoms with Gasteiger partial charge in [0.15, 0.2) is 6.61 Å². The van der Waals surface area contributed by atoms with Crippen LogP contribution in [0.4, 0.5) is 0 Å². The minimum atomic E-state index is -0.00165.